The fraction of sp³-hybridized carbons (Fsp3) is 0.333. The maximum absolute atomic E-state index is 13.0. The summed E-state index contributed by atoms with van der Waals surface area (Å²) in [5.74, 6) is -1.72. The van der Waals surface area contributed by atoms with Crippen LogP contribution in [0, 0.1) is 0 Å². The van der Waals surface area contributed by atoms with E-state index in [2.05, 4.69) is 10.6 Å². The lowest BCUT2D eigenvalue weighted by molar-refractivity contribution is -0.133. The van der Waals surface area contributed by atoms with E-state index in [1.807, 2.05) is 0 Å². The molecule has 1 atom stereocenters. The third-order valence-electron chi connectivity index (χ3n) is 5.67. The molecule has 8 nitrogen and oxygen atoms in total. The summed E-state index contributed by atoms with van der Waals surface area (Å²) in [7, 11) is 0. The molecule has 4 N–H and O–H groups in total. The summed E-state index contributed by atoms with van der Waals surface area (Å²) in [4.78, 5) is 52.1. The summed E-state index contributed by atoms with van der Waals surface area (Å²) in [5, 5.41) is 6.20. The number of benzene rings is 1. The van der Waals surface area contributed by atoms with Crippen LogP contribution in [0.3, 0.4) is 0 Å². The van der Waals surface area contributed by atoms with Gasteiger partial charge in [0.15, 0.2) is 0 Å². The molecule has 2 heterocycles. The quantitative estimate of drug-likeness (QED) is 0.594. The third kappa shape index (κ3) is 3.79. The molecule has 10 heteroatoms. The van der Waals surface area contributed by atoms with Crippen molar-refractivity contribution in [1.82, 2.24) is 10.2 Å². The number of fused-ring (bicyclic) bond motifs is 1. The van der Waals surface area contributed by atoms with Crippen molar-refractivity contribution in [3.8, 4) is 0 Å². The summed E-state index contributed by atoms with van der Waals surface area (Å²) < 4.78 is 0. The first-order valence-corrected chi connectivity index (χ1v) is 11.0. The largest absolute Gasteiger partial charge is 0.365 e. The number of hydrogen-bond donors (Lipinski definition) is 3. The highest BCUT2D eigenvalue weighted by atomic mass is 35.5. The average molecular weight is 461 g/mol. The van der Waals surface area contributed by atoms with Crippen molar-refractivity contribution in [2.45, 2.75) is 38.1 Å². The van der Waals surface area contributed by atoms with Crippen molar-refractivity contribution in [3.05, 3.63) is 50.9 Å². The summed E-state index contributed by atoms with van der Waals surface area (Å²) in [5.41, 5.74) is 6.03. The number of nitrogens with one attached hydrogen (secondary N) is 2. The number of carbonyl (C=O) groups excluding carboxylic acids is 4. The van der Waals surface area contributed by atoms with Gasteiger partial charge < -0.3 is 16.4 Å². The van der Waals surface area contributed by atoms with E-state index in [0.29, 0.717) is 21.2 Å². The van der Waals surface area contributed by atoms with Crippen molar-refractivity contribution >= 4 is 51.7 Å². The van der Waals surface area contributed by atoms with E-state index in [9.17, 15) is 19.2 Å². The molecule has 1 aliphatic carbocycles. The molecule has 1 aromatic heterocycles. The zero-order valence-corrected chi connectivity index (χ0v) is 18.4. The van der Waals surface area contributed by atoms with Gasteiger partial charge in [0.05, 0.1) is 5.56 Å². The van der Waals surface area contributed by atoms with Gasteiger partial charge in [0, 0.05) is 9.90 Å². The summed E-state index contributed by atoms with van der Waals surface area (Å²) in [6, 6.07) is 5.89. The van der Waals surface area contributed by atoms with Crippen LogP contribution in [-0.4, -0.2) is 35.2 Å². The maximum atomic E-state index is 13.0. The predicted molar refractivity (Wildman–Crippen MR) is 117 cm³/mol. The van der Waals surface area contributed by atoms with Gasteiger partial charge in [0.1, 0.15) is 17.1 Å². The second-order valence-corrected chi connectivity index (χ2v) is 9.32. The Kier molecular flexibility index (Phi) is 5.49. The van der Waals surface area contributed by atoms with Gasteiger partial charge in [-0.2, -0.15) is 0 Å². The summed E-state index contributed by atoms with van der Waals surface area (Å²) >= 11 is 7.24. The Hall–Kier alpha value is -2.91. The Morgan fingerprint density at radius 2 is 1.90 bits per heavy atom. The van der Waals surface area contributed by atoms with Gasteiger partial charge in [-0.1, -0.05) is 23.7 Å². The van der Waals surface area contributed by atoms with Crippen LogP contribution in [0.5, 0.6) is 0 Å². The minimum absolute atomic E-state index is 0.330. The zero-order chi connectivity index (χ0) is 22.3. The molecule has 0 spiro atoms. The van der Waals surface area contributed by atoms with E-state index >= 15 is 0 Å². The Morgan fingerprint density at radius 3 is 2.58 bits per heavy atom. The molecule has 2 aromatic rings. The average Bonchev–Trinajstić information content (AvgIpc) is 3.18. The highest BCUT2D eigenvalue weighted by Crippen LogP contribution is 2.38. The molecule has 0 radical (unpaired) electrons. The first-order valence-electron chi connectivity index (χ1n) is 9.85. The number of carbonyl (C=O) groups is 4. The highest BCUT2D eigenvalue weighted by Gasteiger charge is 2.49. The minimum Gasteiger partial charge on any atom is -0.365 e. The van der Waals surface area contributed by atoms with Crippen molar-refractivity contribution < 1.29 is 19.2 Å². The molecule has 0 saturated carbocycles. The van der Waals surface area contributed by atoms with Gasteiger partial charge >= 0.3 is 6.03 Å². The van der Waals surface area contributed by atoms with Crippen molar-refractivity contribution in [3.63, 3.8) is 0 Å². The van der Waals surface area contributed by atoms with Gasteiger partial charge in [-0.3, -0.25) is 19.3 Å². The van der Waals surface area contributed by atoms with Gasteiger partial charge in [-0.05, 0) is 55.9 Å². The molecule has 1 unspecified atom stereocenters. The SMILES string of the molecule is CC1(c2ccc(Cl)cc2)NC(=O)N(CC(=O)Nc2sc3c(c2C(N)=O)CCCC3)C1=O. The maximum Gasteiger partial charge on any atom is 0.325 e. The fourth-order valence-corrected chi connectivity index (χ4v) is 5.48. The standard InChI is InChI=1S/C21H21ClN4O4S/c1-21(11-6-8-12(22)9-7-11)19(29)26(20(30)25-21)10-15(27)24-18-16(17(23)28)13-4-2-3-5-14(13)31-18/h6-9H,2-5,10H2,1H3,(H2,23,28)(H,24,27)(H,25,30). The number of imide groups is 1. The molecule has 162 valence electrons. The molecule has 0 bridgehead atoms. The number of urea groups is 1. The number of halogens is 1. The normalized spacial score (nSPS) is 20.4. The molecule has 1 aliphatic heterocycles. The molecule has 2 aliphatic rings. The lowest BCUT2D eigenvalue weighted by Gasteiger charge is -2.22. The Balaban J connectivity index is 1.52. The monoisotopic (exact) mass is 460 g/mol. The smallest absolute Gasteiger partial charge is 0.325 e. The Bertz CT molecular complexity index is 1100. The molecule has 1 aromatic carbocycles. The van der Waals surface area contributed by atoms with Crippen LogP contribution in [0.25, 0.3) is 0 Å². The van der Waals surface area contributed by atoms with Crippen molar-refractivity contribution in [2.75, 3.05) is 11.9 Å². The fourth-order valence-electron chi connectivity index (χ4n) is 4.04. The molecule has 5 amide bonds. The number of thiophene rings is 1. The number of anilines is 1. The Morgan fingerprint density at radius 1 is 1.23 bits per heavy atom. The second kappa shape index (κ2) is 7.97. The van der Waals surface area contributed by atoms with Crippen LogP contribution in [0.1, 0.15) is 46.1 Å². The lowest BCUT2D eigenvalue weighted by Crippen LogP contribution is -2.42. The van der Waals surface area contributed by atoms with Crippen LogP contribution in [0.15, 0.2) is 24.3 Å². The van der Waals surface area contributed by atoms with E-state index in [0.717, 1.165) is 41.0 Å². The van der Waals surface area contributed by atoms with Crippen molar-refractivity contribution in [1.29, 1.82) is 0 Å². The first-order chi connectivity index (χ1) is 14.7. The van der Waals surface area contributed by atoms with E-state index in [1.54, 1.807) is 31.2 Å². The molecule has 1 fully saturated rings. The van der Waals surface area contributed by atoms with Crippen LogP contribution in [0.4, 0.5) is 9.80 Å². The number of nitrogens with zero attached hydrogens (tertiary/aromatic N) is 1. The Labute approximate surface area is 187 Å². The van der Waals surface area contributed by atoms with Crippen LogP contribution in [0.2, 0.25) is 5.02 Å². The highest BCUT2D eigenvalue weighted by molar-refractivity contribution is 7.17. The number of amides is 5. The summed E-state index contributed by atoms with van der Waals surface area (Å²) in [6.45, 7) is 1.10. The van der Waals surface area contributed by atoms with E-state index in [-0.39, 0.29) is 0 Å². The molecule has 4 rings (SSSR count). The predicted octanol–water partition coefficient (Wildman–Crippen LogP) is 2.78. The number of nitrogens with two attached hydrogens (primary N) is 1. The first kappa shape index (κ1) is 21.3. The van der Waals surface area contributed by atoms with Gasteiger partial charge in [0.2, 0.25) is 5.91 Å². The van der Waals surface area contributed by atoms with Crippen LogP contribution in [-0.2, 0) is 28.0 Å². The summed E-state index contributed by atoms with van der Waals surface area (Å²) in [6.07, 6.45) is 3.56. The second-order valence-electron chi connectivity index (χ2n) is 7.78. The molecule has 31 heavy (non-hydrogen) atoms. The number of aryl methyl sites for hydroxylation is 1. The lowest BCUT2D eigenvalue weighted by atomic mass is 9.92. The molecule has 1 saturated heterocycles. The number of hydrogen-bond acceptors (Lipinski definition) is 5. The van der Waals surface area contributed by atoms with Crippen LogP contribution < -0.4 is 16.4 Å². The topological polar surface area (TPSA) is 122 Å². The zero-order valence-electron chi connectivity index (χ0n) is 16.8. The van der Waals surface area contributed by atoms with Gasteiger partial charge in [-0.15, -0.1) is 11.3 Å². The third-order valence-corrected chi connectivity index (χ3v) is 7.13. The molecular weight excluding hydrogens is 440 g/mol. The van der Waals surface area contributed by atoms with E-state index in [4.69, 9.17) is 17.3 Å². The molecular formula is C21H21ClN4O4S. The van der Waals surface area contributed by atoms with Crippen molar-refractivity contribution in [2.24, 2.45) is 5.73 Å². The number of primary amides is 1. The van der Waals surface area contributed by atoms with E-state index in [1.165, 1.54) is 11.3 Å². The number of rotatable bonds is 5. The van der Waals surface area contributed by atoms with Crippen LogP contribution >= 0.6 is 22.9 Å². The minimum atomic E-state index is -1.30. The van der Waals surface area contributed by atoms with E-state index < -0.39 is 35.8 Å². The van der Waals surface area contributed by atoms with Gasteiger partial charge in [-0.25, -0.2) is 4.79 Å². The van der Waals surface area contributed by atoms with Gasteiger partial charge in [0.25, 0.3) is 11.8 Å².